The minimum absolute atomic E-state index is 0.0249. The van der Waals surface area contributed by atoms with Crippen LogP contribution in [0, 0.1) is 6.92 Å². The third kappa shape index (κ3) is 4.67. The van der Waals surface area contributed by atoms with Gasteiger partial charge in [0.05, 0.1) is 0 Å². The average Bonchev–Trinajstić information content (AvgIpc) is 2.34. The fraction of sp³-hybridized carbons (Fsp3) is 0.615. The van der Waals surface area contributed by atoms with Crippen molar-refractivity contribution in [3.63, 3.8) is 0 Å². The Labute approximate surface area is 119 Å². The number of hydrogen-bond acceptors (Lipinski definition) is 4. The Morgan fingerprint density at radius 1 is 1.37 bits per heavy atom. The highest BCUT2D eigenvalue weighted by Gasteiger charge is 2.11. The first-order valence-corrected chi connectivity index (χ1v) is 6.88. The van der Waals surface area contributed by atoms with Gasteiger partial charge in [0.2, 0.25) is 5.91 Å². The summed E-state index contributed by atoms with van der Waals surface area (Å²) in [7, 11) is 0. The maximum Gasteiger partial charge on any atom is 0.221 e. The SMILES string of the molecule is CCNC(=O)CCNc1nc(C(C)C)nc(Cl)c1C. The van der Waals surface area contributed by atoms with Crippen molar-refractivity contribution in [2.24, 2.45) is 0 Å². The molecule has 1 aromatic heterocycles. The molecule has 0 aliphatic carbocycles. The van der Waals surface area contributed by atoms with E-state index < -0.39 is 0 Å². The highest BCUT2D eigenvalue weighted by molar-refractivity contribution is 6.30. The molecule has 0 spiro atoms. The van der Waals surface area contributed by atoms with E-state index in [-0.39, 0.29) is 11.8 Å². The lowest BCUT2D eigenvalue weighted by Gasteiger charge is -2.12. The zero-order chi connectivity index (χ0) is 14.4. The van der Waals surface area contributed by atoms with Gasteiger partial charge in [0.1, 0.15) is 16.8 Å². The van der Waals surface area contributed by atoms with E-state index in [2.05, 4.69) is 20.6 Å². The first kappa shape index (κ1) is 15.7. The first-order chi connectivity index (χ1) is 8.95. The van der Waals surface area contributed by atoms with Gasteiger partial charge in [-0.05, 0) is 13.8 Å². The summed E-state index contributed by atoms with van der Waals surface area (Å²) in [6.45, 7) is 8.96. The fourth-order valence-electron chi connectivity index (χ4n) is 1.52. The molecule has 106 valence electrons. The number of nitrogens with one attached hydrogen (secondary N) is 2. The summed E-state index contributed by atoms with van der Waals surface area (Å²) in [5, 5.41) is 6.35. The predicted molar refractivity (Wildman–Crippen MR) is 77.7 cm³/mol. The smallest absolute Gasteiger partial charge is 0.221 e. The van der Waals surface area contributed by atoms with Crippen LogP contribution in [0.1, 0.15) is 44.5 Å². The normalized spacial score (nSPS) is 10.6. The van der Waals surface area contributed by atoms with Crippen LogP contribution >= 0.6 is 11.6 Å². The third-order valence-corrected chi connectivity index (χ3v) is 3.01. The highest BCUT2D eigenvalue weighted by atomic mass is 35.5. The average molecular weight is 285 g/mol. The molecule has 0 aliphatic rings. The van der Waals surface area contributed by atoms with Gasteiger partial charge >= 0.3 is 0 Å². The summed E-state index contributed by atoms with van der Waals surface area (Å²) in [4.78, 5) is 20.0. The molecule has 0 aliphatic heterocycles. The van der Waals surface area contributed by atoms with Crippen molar-refractivity contribution in [2.75, 3.05) is 18.4 Å². The van der Waals surface area contributed by atoms with Crippen LogP contribution in [-0.2, 0) is 4.79 Å². The molecule has 0 bridgehead atoms. The van der Waals surface area contributed by atoms with Gasteiger partial charge in [-0.3, -0.25) is 4.79 Å². The summed E-state index contributed by atoms with van der Waals surface area (Å²) in [5.74, 6) is 1.64. The highest BCUT2D eigenvalue weighted by Crippen LogP contribution is 2.22. The number of rotatable bonds is 6. The molecule has 1 aromatic rings. The molecule has 5 nitrogen and oxygen atoms in total. The second-order valence-corrected chi connectivity index (χ2v) is 4.99. The summed E-state index contributed by atoms with van der Waals surface area (Å²) in [6, 6.07) is 0. The molecule has 2 N–H and O–H groups in total. The minimum Gasteiger partial charge on any atom is -0.369 e. The van der Waals surface area contributed by atoms with E-state index in [1.54, 1.807) is 0 Å². The Hall–Kier alpha value is -1.36. The summed E-state index contributed by atoms with van der Waals surface area (Å²) in [6.07, 6.45) is 0.409. The molecule has 1 rings (SSSR count). The molecule has 0 fully saturated rings. The Morgan fingerprint density at radius 3 is 2.63 bits per heavy atom. The lowest BCUT2D eigenvalue weighted by atomic mass is 10.2. The van der Waals surface area contributed by atoms with Crippen LogP contribution in [0.5, 0.6) is 0 Å². The van der Waals surface area contributed by atoms with Crippen molar-refractivity contribution < 1.29 is 4.79 Å². The summed E-state index contributed by atoms with van der Waals surface area (Å²) in [5.41, 5.74) is 0.807. The van der Waals surface area contributed by atoms with Gasteiger partial charge in [0, 0.05) is 31.0 Å². The van der Waals surface area contributed by atoms with E-state index in [0.29, 0.717) is 36.3 Å². The molecule has 0 aromatic carbocycles. The topological polar surface area (TPSA) is 66.9 Å². The van der Waals surface area contributed by atoms with E-state index >= 15 is 0 Å². The van der Waals surface area contributed by atoms with Crippen LogP contribution in [0.3, 0.4) is 0 Å². The molecule has 0 atom stereocenters. The van der Waals surface area contributed by atoms with Crippen LogP contribution in [-0.4, -0.2) is 29.0 Å². The predicted octanol–water partition coefficient (Wildman–Crippen LogP) is 2.50. The molecule has 0 saturated carbocycles. The molecule has 1 heterocycles. The Bertz CT molecular complexity index is 449. The minimum atomic E-state index is 0.0249. The summed E-state index contributed by atoms with van der Waals surface area (Å²) >= 11 is 6.08. The van der Waals surface area contributed by atoms with Crippen molar-refractivity contribution in [3.8, 4) is 0 Å². The molecule has 0 radical (unpaired) electrons. The molecule has 1 amide bonds. The zero-order valence-corrected chi connectivity index (χ0v) is 12.6. The van der Waals surface area contributed by atoms with Crippen molar-refractivity contribution >= 4 is 23.3 Å². The first-order valence-electron chi connectivity index (χ1n) is 6.50. The number of carbonyl (C=O) groups excluding carboxylic acids is 1. The van der Waals surface area contributed by atoms with Gasteiger partial charge in [0.25, 0.3) is 0 Å². The maximum atomic E-state index is 11.4. The molecule has 19 heavy (non-hydrogen) atoms. The molecule has 0 unspecified atom stereocenters. The van der Waals surface area contributed by atoms with Crippen LogP contribution in [0.4, 0.5) is 5.82 Å². The van der Waals surface area contributed by atoms with Crippen LogP contribution in [0.15, 0.2) is 0 Å². The number of carbonyl (C=O) groups is 1. The maximum absolute atomic E-state index is 11.4. The quantitative estimate of drug-likeness (QED) is 0.788. The second kappa shape index (κ2) is 7.28. The second-order valence-electron chi connectivity index (χ2n) is 4.63. The molecular formula is C13H21ClN4O. The molecule has 0 saturated heterocycles. The number of aromatic nitrogens is 2. The van der Waals surface area contributed by atoms with E-state index in [1.807, 2.05) is 27.7 Å². The largest absolute Gasteiger partial charge is 0.369 e. The number of nitrogens with zero attached hydrogens (tertiary/aromatic N) is 2. The van der Waals surface area contributed by atoms with Gasteiger partial charge in [-0.15, -0.1) is 0 Å². The third-order valence-electron chi connectivity index (χ3n) is 2.64. The Morgan fingerprint density at radius 2 is 2.05 bits per heavy atom. The van der Waals surface area contributed by atoms with E-state index in [1.165, 1.54) is 0 Å². The summed E-state index contributed by atoms with van der Waals surface area (Å²) < 4.78 is 0. The number of anilines is 1. The lowest BCUT2D eigenvalue weighted by molar-refractivity contribution is -0.120. The van der Waals surface area contributed by atoms with E-state index in [9.17, 15) is 4.79 Å². The Kier molecular flexibility index (Phi) is 6.02. The molecular weight excluding hydrogens is 264 g/mol. The van der Waals surface area contributed by atoms with Crippen LogP contribution < -0.4 is 10.6 Å². The van der Waals surface area contributed by atoms with Gasteiger partial charge in [-0.2, -0.15) is 0 Å². The van der Waals surface area contributed by atoms with Gasteiger partial charge in [-0.25, -0.2) is 9.97 Å². The van der Waals surface area contributed by atoms with Gasteiger partial charge in [0.15, 0.2) is 0 Å². The van der Waals surface area contributed by atoms with Crippen molar-refractivity contribution in [1.82, 2.24) is 15.3 Å². The monoisotopic (exact) mass is 284 g/mol. The fourth-order valence-corrected chi connectivity index (χ4v) is 1.69. The van der Waals surface area contributed by atoms with Crippen molar-refractivity contribution in [2.45, 2.75) is 40.0 Å². The lowest BCUT2D eigenvalue weighted by Crippen LogP contribution is -2.25. The van der Waals surface area contributed by atoms with Gasteiger partial charge < -0.3 is 10.6 Å². The van der Waals surface area contributed by atoms with E-state index in [0.717, 1.165) is 5.56 Å². The zero-order valence-electron chi connectivity index (χ0n) is 11.9. The number of hydrogen-bond donors (Lipinski definition) is 2. The van der Waals surface area contributed by atoms with Gasteiger partial charge in [-0.1, -0.05) is 25.4 Å². The molecule has 6 heteroatoms. The number of halogens is 1. The standard InChI is InChI=1S/C13H21ClN4O/c1-5-15-10(19)6-7-16-13-9(4)11(14)17-12(18-13)8(2)3/h8H,5-7H2,1-4H3,(H,15,19)(H,16,17,18). The Balaban J connectivity index is 2.69. The number of amides is 1. The van der Waals surface area contributed by atoms with E-state index in [4.69, 9.17) is 11.6 Å². The van der Waals surface area contributed by atoms with Crippen LogP contribution in [0.25, 0.3) is 0 Å². The van der Waals surface area contributed by atoms with Crippen molar-refractivity contribution in [3.05, 3.63) is 16.5 Å². The van der Waals surface area contributed by atoms with Crippen LogP contribution in [0.2, 0.25) is 5.15 Å². The van der Waals surface area contributed by atoms with Crippen molar-refractivity contribution in [1.29, 1.82) is 0 Å².